The number of amides is 1. The predicted octanol–water partition coefficient (Wildman–Crippen LogP) is 4.76. The van der Waals surface area contributed by atoms with Crippen LogP contribution < -0.4 is 4.74 Å². The number of benzene rings is 1. The average Bonchev–Trinajstić information content (AvgIpc) is 3.05. The third kappa shape index (κ3) is 4.90. The molecule has 0 aliphatic carbocycles. The van der Waals surface area contributed by atoms with Crippen molar-refractivity contribution in [3.8, 4) is 5.75 Å². The minimum absolute atomic E-state index is 0.0108. The molecular weight excluding hydrogens is 400 g/mol. The van der Waals surface area contributed by atoms with Crippen LogP contribution in [0.15, 0.2) is 64.7 Å². The van der Waals surface area contributed by atoms with Crippen molar-refractivity contribution in [3.63, 3.8) is 0 Å². The Labute approximate surface area is 159 Å². The minimum atomic E-state index is -0.0108. The zero-order chi connectivity index (χ0) is 17.6. The van der Waals surface area contributed by atoms with Gasteiger partial charge in [-0.2, -0.15) is 0 Å². The highest BCUT2D eigenvalue weighted by atomic mass is 79.9. The first-order chi connectivity index (χ1) is 12.1. The van der Waals surface area contributed by atoms with Crippen LogP contribution in [0.4, 0.5) is 0 Å². The Morgan fingerprint density at radius 1 is 1.20 bits per heavy atom. The second-order valence-electron chi connectivity index (χ2n) is 5.54. The molecule has 25 heavy (non-hydrogen) atoms. The van der Waals surface area contributed by atoms with E-state index < -0.39 is 0 Å². The number of halogens is 1. The van der Waals surface area contributed by atoms with Crippen LogP contribution in [0, 0.1) is 0 Å². The monoisotopic (exact) mass is 416 g/mol. The molecule has 128 valence electrons. The number of hydrogen-bond acceptors (Lipinski definition) is 4. The molecule has 1 aromatic carbocycles. The lowest BCUT2D eigenvalue weighted by Gasteiger charge is -2.16. The van der Waals surface area contributed by atoms with Gasteiger partial charge >= 0.3 is 0 Å². The lowest BCUT2D eigenvalue weighted by Crippen LogP contribution is -2.25. The summed E-state index contributed by atoms with van der Waals surface area (Å²) in [5, 5.41) is 0. The molecule has 0 atom stereocenters. The Bertz CT molecular complexity index is 834. The summed E-state index contributed by atoms with van der Waals surface area (Å²) in [6.07, 6.45) is 3.51. The molecule has 0 N–H and O–H groups in total. The Morgan fingerprint density at radius 3 is 2.64 bits per heavy atom. The summed E-state index contributed by atoms with van der Waals surface area (Å²) < 4.78 is 6.79. The van der Waals surface area contributed by atoms with Gasteiger partial charge in [0.1, 0.15) is 12.4 Å². The molecule has 0 spiro atoms. The number of carbonyl (C=O) groups excluding carboxylic acids is 1. The Kier molecular flexibility index (Phi) is 5.83. The number of rotatable bonds is 6. The average molecular weight is 417 g/mol. The highest BCUT2D eigenvalue weighted by Gasteiger charge is 2.13. The quantitative estimate of drug-likeness (QED) is 0.581. The summed E-state index contributed by atoms with van der Waals surface area (Å²) in [7, 11) is 1.81. The van der Waals surface area contributed by atoms with Crippen LogP contribution in [0.25, 0.3) is 0 Å². The lowest BCUT2D eigenvalue weighted by molar-refractivity contribution is 0.0786. The lowest BCUT2D eigenvalue weighted by atomic mass is 10.2. The summed E-state index contributed by atoms with van der Waals surface area (Å²) in [5.74, 6) is 0.716. The van der Waals surface area contributed by atoms with Crippen LogP contribution in [0.3, 0.4) is 0 Å². The van der Waals surface area contributed by atoms with Crippen molar-refractivity contribution in [2.45, 2.75) is 13.2 Å². The molecule has 3 rings (SSSR count). The van der Waals surface area contributed by atoms with Gasteiger partial charge in [-0.25, -0.2) is 0 Å². The van der Waals surface area contributed by atoms with E-state index in [1.54, 1.807) is 40.8 Å². The fourth-order valence-electron chi connectivity index (χ4n) is 2.31. The van der Waals surface area contributed by atoms with Gasteiger partial charge in [0, 0.05) is 35.4 Å². The third-order valence-electron chi connectivity index (χ3n) is 3.60. The molecule has 1 amide bonds. The maximum atomic E-state index is 12.5. The number of aromatic nitrogens is 1. The summed E-state index contributed by atoms with van der Waals surface area (Å²) in [6.45, 7) is 1.04. The van der Waals surface area contributed by atoms with E-state index in [0.717, 1.165) is 20.0 Å². The van der Waals surface area contributed by atoms with E-state index in [0.29, 0.717) is 18.7 Å². The molecule has 0 unspecified atom stereocenters. The highest BCUT2D eigenvalue weighted by molar-refractivity contribution is 9.11. The molecule has 0 saturated carbocycles. The Balaban J connectivity index is 1.58. The molecule has 0 fully saturated rings. The first-order valence-corrected chi connectivity index (χ1v) is 9.34. The van der Waals surface area contributed by atoms with E-state index in [2.05, 4.69) is 20.9 Å². The molecule has 0 bridgehead atoms. The van der Waals surface area contributed by atoms with Crippen LogP contribution in [0.5, 0.6) is 5.75 Å². The van der Waals surface area contributed by atoms with Gasteiger partial charge < -0.3 is 9.64 Å². The van der Waals surface area contributed by atoms with Crippen molar-refractivity contribution in [1.29, 1.82) is 0 Å². The fraction of sp³-hybridized carbons (Fsp3) is 0.158. The molecule has 0 saturated heterocycles. The second-order valence-corrected chi connectivity index (χ2v) is 8.09. The molecule has 6 heteroatoms. The van der Waals surface area contributed by atoms with Crippen molar-refractivity contribution >= 4 is 33.2 Å². The number of thiophene rings is 1. The number of nitrogens with zero attached hydrogens (tertiary/aromatic N) is 2. The van der Waals surface area contributed by atoms with Crippen LogP contribution in [0.2, 0.25) is 0 Å². The summed E-state index contributed by atoms with van der Waals surface area (Å²) >= 11 is 5.07. The van der Waals surface area contributed by atoms with Gasteiger partial charge in [-0.3, -0.25) is 9.78 Å². The number of carbonyl (C=O) groups is 1. The van der Waals surface area contributed by atoms with Crippen molar-refractivity contribution in [2.24, 2.45) is 0 Å². The highest BCUT2D eigenvalue weighted by Crippen LogP contribution is 2.23. The summed E-state index contributed by atoms with van der Waals surface area (Å²) in [4.78, 5) is 19.4. The maximum absolute atomic E-state index is 12.5. The van der Waals surface area contributed by atoms with E-state index in [1.807, 2.05) is 43.4 Å². The zero-order valence-corrected chi connectivity index (χ0v) is 16.1. The van der Waals surface area contributed by atoms with Gasteiger partial charge in [0.25, 0.3) is 5.91 Å². The van der Waals surface area contributed by atoms with E-state index >= 15 is 0 Å². The smallest absolute Gasteiger partial charge is 0.253 e. The van der Waals surface area contributed by atoms with Crippen molar-refractivity contribution < 1.29 is 9.53 Å². The topological polar surface area (TPSA) is 42.4 Å². The molecule has 0 radical (unpaired) electrons. The van der Waals surface area contributed by atoms with Gasteiger partial charge in [0.05, 0.1) is 10.3 Å². The first-order valence-electron chi connectivity index (χ1n) is 7.73. The second kappa shape index (κ2) is 8.27. The van der Waals surface area contributed by atoms with Crippen LogP contribution in [-0.4, -0.2) is 22.8 Å². The van der Waals surface area contributed by atoms with E-state index in [-0.39, 0.29) is 5.91 Å². The van der Waals surface area contributed by atoms with Gasteiger partial charge in [0.2, 0.25) is 0 Å². The van der Waals surface area contributed by atoms with Gasteiger partial charge in [-0.05, 0) is 58.4 Å². The predicted molar refractivity (Wildman–Crippen MR) is 103 cm³/mol. The fourth-order valence-corrected chi connectivity index (χ4v) is 3.84. The van der Waals surface area contributed by atoms with Crippen LogP contribution in [-0.2, 0) is 13.2 Å². The van der Waals surface area contributed by atoms with Crippen molar-refractivity contribution in [3.05, 3.63) is 80.7 Å². The molecule has 0 aliphatic rings. The molecule has 2 heterocycles. The largest absolute Gasteiger partial charge is 0.489 e. The van der Waals surface area contributed by atoms with Crippen LogP contribution >= 0.6 is 27.3 Å². The van der Waals surface area contributed by atoms with Gasteiger partial charge in [-0.1, -0.05) is 6.07 Å². The molecule has 4 nitrogen and oxygen atoms in total. The van der Waals surface area contributed by atoms with Crippen LogP contribution in [0.1, 0.15) is 20.8 Å². The van der Waals surface area contributed by atoms with E-state index in [1.165, 1.54) is 0 Å². The van der Waals surface area contributed by atoms with Gasteiger partial charge in [-0.15, -0.1) is 11.3 Å². The molecule has 2 aromatic heterocycles. The number of ether oxygens (including phenoxy) is 1. The molecule has 0 aliphatic heterocycles. The standard InChI is InChI=1S/C19H17BrN2O2S/c1-22(12-17-8-9-18(20)25-17)19(23)15-4-6-16(7-5-15)24-13-14-3-2-10-21-11-14/h2-11H,12-13H2,1H3. The Hall–Kier alpha value is -2.18. The van der Waals surface area contributed by atoms with E-state index in [4.69, 9.17) is 4.74 Å². The van der Waals surface area contributed by atoms with E-state index in [9.17, 15) is 4.79 Å². The maximum Gasteiger partial charge on any atom is 0.253 e. The molecular formula is C19H17BrN2O2S. The number of hydrogen-bond donors (Lipinski definition) is 0. The normalized spacial score (nSPS) is 10.5. The van der Waals surface area contributed by atoms with Crippen molar-refractivity contribution in [2.75, 3.05) is 7.05 Å². The minimum Gasteiger partial charge on any atom is -0.489 e. The van der Waals surface area contributed by atoms with Gasteiger partial charge in [0.15, 0.2) is 0 Å². The SMILES string of the molecule is CN(Cc1ccc(Br)s1)C(=O)c1ccc(OCc2cccnc2)cc1. The zero-order valence-electron chi connectivity index (χ0n) is 13.7. The third-order valence-corrected chi connectivity index (χ3v) is 5.21. The number of pyridine rings is 1. The summed E-state index contributed by atoms with van der Waals surface area (Å²) in [5.41, 5.74) is 1.65. The summed E-state index contributed by atoms with van der Waals surface area (Å²) in [6, 6.07) is 15.1. The Morgan fingerprint density at radius 2 is 2.00 bits per heavy atom. The van der Waals surface area contributed by atoms with Crippen molar-refractivity contribution in [1.82, 2.24) is 9.88 Å². The molecule has 3 aromatic rings. The first kappa shape index (κ1) is 17.6.